The van der Waals surface area contributed by atoms with E-state index < -0.39 is 0 Å². The molecule has 96 valence electrons. The number of anilines is 1. The van der Waals surface area contributed by atoms with Crippen LogP contribution in [0.15, 0.2) is 40.3 Å². The number of rotatable bonds is 3. The number of fused-ring (bicyclic) bond motifs is 1. The maximum Gasteiger partial charge on any atom is 0.261 e. The molecule has 0 radical (unpaired) electrons. The quantitative estimate of drug-likeness (QED) is 0.745. The van der Waals surface area contributed by atoms with Gasteiger partial charge in [-0.15, -0.1) is 22.9 Å². The minimum atomic E-state index is -0.236. The summed E-state index contributed by atoms with van der Waals surface area (Å²) in [6, 6.07) is 7.39. The maximum absolute atomic E-state index is 12.1. The number of furan rings is 1. The van der Waals surface area contributed by atoms with E-state index in [1.165, 1.54) is 17.6 Å². The van der Waals surface area contributed by atoms with Crippen LogP contribution in [0.1, 0.15) is 16.1 Å². The van der Waals surface area contributed by atoms with Crippen LogP contribution in [0, 0.1) is 0 Å². The summed E-state index contributed by atoms with van der Waals surface area (Å²) in [6.45, 7) is 0. The first kappa shape index (κ1) is 12.2. The van der Waals surface area contributed by atoms with E-state index in [9.17, 15) is 4.79 Å². The zero-order chi connectivity index (χ0) is 13.2. The Morgan fingerprint density at radius 3 is 3.05 bits per heavy atom. The second-order valence-corrected chi connectivity index (χ2v) is 5.00. The number of para-hydroxylation sites is 1. The average Bonchev–Trinajstić information content (AvgIpc) is 3.04. The van der Waals surface area contributed by atoms with Crippen molar-refractivity contribution in [3.8, 4) is 0 Å². The van der Waals surface area contributed by atoms with Gasteiger partial charge in [0.15, 0.2) is 5.13 Å². The maximum atomic E-state index is 12.1. The Labute approximate surface area is 118 Å². The summed E-state index contributed by atoms with van der Waals surface area (Å²) in [5.41, 5.74) is 1.94. The van der Waals surface area contributed by atoms with Crippen LogP contribution in [0.2, 0.25) is 0 Å². The van der Waals surface area contributed by atoms with Gasteiger partial charge in [0.25, 0.3) is 5.91 Å². The summed E-state index contributed by atoms with van der Waals surface area (Å²) in [7, 11) is 0. The monoisotopic (exact) mass is 292 g/mol. The minimum Gasteiger partial charge on any atom is -0.463 e. The average molecular weight is 293 g/mol. The molecule has 0 saturated carbocycles. The summed E-state index contributed by atoms with van der Waals surface area (Å²) in [6.07, 6.45) is 1.45. The molecule has 0 aliphatic carbocycles. The number of amides is 1. The van der Waals surface area contributed by atoms with E-state index in [0.717, 1.165) is 11.1 Å². The Balaban J connectivity index is 1.87. The topological polar surface area (TPSA) is 55.1 Å². The highest BCUT2D eigenvalue weighted by Crippen LogP contribution is 2.23. The molecule has 0 spiro atoms. The lowest BCUT2D eigenvalue weighted by molar-refractivity contribution is 0.102. The van der Waals surface area contributed by atoms with Crippen LogP contribution in [0.3, 0.4) is 0 Å². The molecule has 0 unspecified atom stereocenters. The van der Waals surface area contributed by atoms with Crippen molar-refractivity contribution < 1.29 is 9.21 Å². The van der Waals surface area contributed by atoms with E-state index in [1.807, 2.05) is 29.6 Å². The van der Waals surface area contributed by atoms with Crippen LogP contribution in [-0.4, -0.2) is 10.9 Å². The van der Waals surface area contributed by atoms with Gasteiger partial charge in [-0.3, -0.25) is 10.1 Å². The van der Waals surface area contributed by atoms with Crippen molar-refractivity contribution >= 4 is 44.9 Å². The molecular formula is C13H9ClN2O2S. The van der Waals surface area contributed by atoms with Crippen LogP contribution in [-0.2, 0) is 5.88 Å². The standard InChI is InChI=1S/C13H9ClN2O2S/c14-5-8-7-19-13(15-8)16-12(17)10-6-18-11-4-2-1-3-9(10)11/h1-4,6-7H,5H2,(H,15,16,17). The second-order valence-electron chi connectivity index (χ2n) is 3.88. The molecule has 3 aromatic rings. The number of thiazole rings is 1. The molecular weight excluding hydrogens is 284 g/mol. The Morgan fingerprint density at radius 2 is 2.26 bits per heavy atom. The van der Waals surface area contributed by atoms with Crippen molar-refractivity contribution in [2.75, 3.05) is 5.32 Å². The molecule has 4 nitrogen and oxygen atoms in total. The first-order chi connectivity index (χ1) is 9.28. The summed E-state index contributed by atoms with van der Waals surface area (Å²) in [5, 5.41) is 5.88. The van der Waals surface area contributed by atoms with Gasteiger partial charge in [-0.05, 0) is 6.07 Å². The predicted molar refractivity (Wildman–Crippen MR) is 75.8 cm³/mol. The number of nitrogens with one attached hydrogen (secondary N) is 1. The Bertz CT molecular complexity index is 735. The molecule has 0 bridgehead atoms. The van der Waals surface area contributed by atoms with Crippen molar-refractivity contribution in [3.05, 3.63) is 47.2 Å². The molecule has 2 aromatic heterocycles. The summed E-state index contributed by atoms with van der Waals surface area (Å²) in [5.74, 6) is 0.0986. The first-order valence-corrected chi connectivity index (χ1v) is 6.97. The summed E-state index contributed by atoms with van der Waals surface area (Å²) < 4.78 is 5.34. The molecule has 1 amide bonds. The smallest absolute Gasteiger partial charge is 0.261 e. The van der Waals surface area contributed by atoms with Crippen molar-refractivity contribution in [1.29, 1.82) is 0 Å². The number of halogens is 1. The molecule has 0 aliphatic heterocycles. The normalized spacial score (nSPS) is 10.8. The van der Waals surface area contributed by atoms with Crippen molar-refractivity contribution in [2.45, 2.75) is 5.88 Å². The van der Waals surface area contributed by atoms with Crippen LogP contribution in [0.25, 0.3) is 11.0 Å². The van der Waals surface area contributed by atoms with Gasteiger partial charge in [0, 0.05) is 10.8 Å². The molecule has 2 heterocycles. The molecule has 0 aliphatic rings. The van der Waals surface area contributed by atoms with E-state index in [1.54, 1.807) is 0 Å². The minimum absolute atomic E-state index is 0.236. The number of carbonyl (C=O) groups excluding carboxylic acids is 1. The van der Waals surface area contributed by atoms with E-state index in [2.05, 4.69) is 10.3 Å². The highest BCUT2D eigenvalue weighted by molar-refractivity contribution is 7.14. The van der Waals surface area contributed by atoms with Gasteiger partial charge >= 0.3 is 0 Å². The molecule has 0 fully saturated rings. The number of benzene rings is 1. The van der Waals surface area contributed by atoms with Crippen molar-refractivity contribution in [1.82, 2.24) is 4.98 Å². The number of alkyl halides is 1. The summed E-state index contributed by atoms with van der Waals surface area (Å²) >= 11 is 7.02. The van der Waals surface area contributed by atoms with E-state index in [4.69, 9.17) is 16.0 Å². The van der Waals surface area contributed by atoms with Gasteiger partial charge in [0.05, 0.1) is 17.1 Å². The third-order valence-corrected chi connectivity index (χ3v) is 3.72. The number of hydrogen-bond acceptors (Lipinski definition) is 4. The predicted octanol–water partition coefficient (Wildman–Crippen LogP) is 3.88. The molecule has 3 rings (SSSR count). The fourth-order valence-electron chi connectivity index (χ4n) is 1.74. The SMILES string of the molecule is O=C(Nc1nc(CCl)cs1)c1coc2ccccc12. The van der Waals surface area contributed by atoms with Gasteiger partial charge in [0.1, 0.15) is 11.8 Å². The van der Waals surface area contributed by atoms with Crippen molar-refractivity contribution in [2.24, 2.45) is 0 Å². The Hall–Kier alpha value is -1.85. The highest BCUT2D eigenvalue weighted by atomic mass is 35.5. The lowest BCUT2D eigenvalue weighted by atomic mass is 10.2. The van der Waals surface area contributed by atoms with E-state index in [-0.39, 0.29) is 5.91 Å². The first-order valence-electron chi connectivity index (χ1n) is 5.56. The number of carbonyl (C=O) groups is 1. The zero-order valence-corrected chi connectivity index (χ0v) is 11.3. The Kier molecular flexibility index (Phi) is 3.23. The lowest BCUT2D eigenvalue weighted by Gasteiger charge is -1.98. The van der Waals surface area contributed by atoms with Gasteiger partial charge in [-0.25, -0.2) is 4.98 Å². The van der Waals surface area contributed by atoms with Gasteiger partial charge < -0.3 is 4.42 Å². The number of aromatic nitrogens is 1. The van der Waals surface area contributed by atoms with Crippen LogP contribution < -0.4 is 5.32 Å². The molecule has 1 aromatic carbocycles. The molecule has 19 heavy (non-hydrogen) atoms. The van der Waals surface area contributed by atoms with Gasteiger partial charge in [0.2, 0.25) is 0 Å². The third-order valence-electron chi connectivity index (χ3n) is 2.63. The van der Waals surface area contributed by atoms with E-state index >= 15 is 0 Å². The fourth-order valence-corrected chi connectivity index (χ4v) is 2.68. The van der Waals surface area contributed by atoms with Crippen LogP contribution in [0.5, 0.6) is 0 Å². The van der Waals surface area contributed by atoms with Crippen LogP contribution >= 0.6 is 22.9 Å². The molecule has 6 heteroatoms. The lowest BCUT2D eigenvalue weighted by Crippen LogP contribution is -2.11. The van der Waals surface area contributed by atoms with Crippen molar-refractivity contribution in [3.63, 3.8) is 0 Å². The van der Waals surface area contributed by atoms with Gasteiger partial charge in [-0.1, -0.05) is 18.2 Å². The van der Waals surface area contributed by atoms with Crippen LogP contribution in [0.4, 0.5) is 5.13 Å². The highest BCUT2D eigenvalue weighted by Gasteiger charge is 2.14. The summed E-state index contributed by atoms with van der Waals surface area (Å²) in [4.78, 5) is 16.3. The fraction of sp³-hybridized carbons (Fsp3) is 0.0769. The number of nitrogens with zero attached hydrogens (tertiary/aromatic N) is 1. The molecule has 1 N–H and O–H groups in total. The second kappa shape index (κ2) is 5.03. The zero-order valence-electron chi connectivity index (χ0n) is 9.72. The number of hydrogen-bond donors (Lipinski definition) is 1. The van der Waals surface area contributed by atoms with Gasteiger partial charge in [-0.2, -0.15) is 0 Å². The largest absolute Gasteiger partial charge is 0.463 e. The molecule has 0 atom stereocenters. The molecule has 0 saturated heterocycles. The Morgan fingerprint density at radius 1 is 1.42 bits per heavy atom. The van der Waals surface area contributed by atoms with E-state index in [0.29, 0.717) is 22.2 Å². The third kappa shape index (κ3) is 2.34.